The first-order valence-electron chi connectivity index (χ1n) is 7.25. The van der Waals surface area contributed by atoms with E-state index in [1.807, 2.05) is 0 Å². The molecule has 2 unspecified atom stereocenters. The monoisotopic (exact) mass is 278 g/mol. The molecule has 0 saturated heterocycles. The van der Waals surface area contributed by atoms with Gasteiger partial charge in [0.2, 0.25) is 0 Å². The summed E-state index contributed by atoms with van der Waals surface area (Å²) in [5.74, 6) is -3.10. The van der Waals surface area contributed by atoms with Crippen LogP contribution in [0.15, 0.2) is 0 Å². The van der Waals surface area contributed by atoms with Crippen molar-refractivity contribution in [1.29, 1.82) is 0 Å². The summed E-state index contributed by atoms with van der Waals surface area (Å²) in [6.07, 6.45) is 1.93. The second kappa shape index (κ2) is 6.14. The molecule has 0 heterocycles. The van der Waals surface area contributed by atoms with Crippen molar-refractivity contribution in [2.45, 2.75) is 70.1 Å². The van der Waals surface area contributed by atoms with Crippen LogP contribution in [0, 0.1) is 11.8 Å². The number of ether oxygens (including phenoxy) is 1. The first kappa shape index (κ1) is 14.7. The van der Waals surface area contributed by atoms with E-state index in [1.54, 1.807) is 0 Å². The highest BCUT2D eigenvalue weighted by atomic mass is 19.4. The summed E-state index contributed by atoms with van der Waals surface area (Å²) >= 11 is 0. The molecule has 2 saturated carbocycles. The van der Waals surface area contributed by atoms with Gasteiger partial charge in [0, 0.05) is 0 Å². The topological polar surface area (TPSA) is 26.3 Å². The minimum Gasteiger partial charge on any atom is -0.462 e. The van der Waals surface area contributed by atoms with Crippen molar-refractivity contribution in [1.82, 2.24) is 0 Å². The Kier molecular flexibility index (Phi) is 4.74. The lowest BCUT2D eigenvalue weighted by Crippen LogP contribution is -2.39. The van der Waals surface area contributed by atoms with Crippen LogP contribution in [0.1, 0.15) is 57.8 Å². The second-order valence-corrected chi connectivity index (χ2v) is 5.74. The number of carbonyl (C=O) groups excluding carboxylic acids is 1. The summed E-state index contributed by atoms with van der Waals surface area (Å²) < 4.78 is 44.1. The number of hydrogen-bond donors (Lipinski definition) is 0. The Morgan fingerprint density at radius 3 is 2.11 bits per heavy atom. The highest BCUT2D eigenvalue weighted by Gasteiger charge is 2.49. The first-order valence-corrected chi connectivity index (χ1v) is 7.25. The van der Waals surface area contributed by atoms with Gasteiger partial charge in [-0.05, 0) is 38.5 Å². The van der Waals surface area contributed by atoms with Gasteiger partial charge in [-0.1, -0.05) is 19.3 Å². The fraction of sp³-hybridized carbons (Fsp3) is 0.929. The molecule has 2 fully saturated rings. The molecule has 0 aromatic carbocycles. The zero-order valence-electron chi connectivity index (χ0n) is 11.0. The molecular formula is C14H21F3O2. The van der Waals surface area contributed by atoms with E-state index < -0.39 is 24.0 Å². The molecule has 110 valence electrons. The Balaban J connectivity index is 1.95. The summed E-state index contributed by atoms with van der Waals surface area (Å²) in [6, 6.07) is 0. The third-order valence-corrected chi connectivity index (χ3v) is 4.32. The summed E-state index contributed by atoms with van der Waals surface area (Å²) in [5.41, 5.74) is 0. The van der Waals surface area contributed by atoms with Crippen LogP contribution in [-0.2, 0) is 9.53 Å². The van der Waals surface area contributed by atoms with E-state index in [0.29, 0.717) is 19.3 Å². The van der Waals surface area contributed by atoms with Gasteiger partial charge >= 0.3 is 12.1 Å². The van der Waals surface area contributed by atoms with Gasteiger partial charge < -0.3 is 4.74 Å². The van der Waals surface area contributed by atoms with Crippen molar-refractivity contribution < 1.29 is 22.7 Å². The normalized spacial score (nSPS) is 30.1. The first-order chi connectivity index (χ1) is 8.98. The third-order valence-electron chi connectivity index (χ3n) is 4.32. The molecule has 0 aromatic rings. The van der Waals surface area contributed by atoms with E-state index in [2.05, 4.69) is 0 Å². The van der Waals surface area contributed by atoms with E-state index >= 15 is 0 Å². The molecule has 2 aliphatic rings. The Labute approximate surface area is 111 Å². The average molecular weight is 278 g/mol. The van der Waals surface area contributed by atoms with Crippen LogP contribution in [-0.4, -0.2) is 18.2 Å². The number of hydrogen-bond acceptors (Lipinski definition) is 2. The summed E-state index contributed by atoms with van der Waals surface area (Å²) in [5, 5.41) is 0. The lowest BCUT2D eigenvalue weighted by atomic mass is 9.78. The maximum atomic E-state index is 12.9. The van der Waals surface area contributed by atoms with E-state index in [9.17, 15) is 18.0 Å². The molecular weight excluding hydrogens is 257 g/mol. The standard InChI is InChI=1S/C14H21F3O2/c15-14(16,17)12-9-5-4-8-11(12)13(18)19-10-6-2-1-3-7-10/h10-12H,1-9H2. The molecule has 0 aromatic heterocycles. The zero-order chi connectivity index (χ0) is 13.9. The van der Waals surface area contributed by atoms with Gasteiger partial charge in [0.25, 0.3) is 0 Å². The van der Waals surface area contributed by atoms with Crippen LogP contribution < -0.4 is 0 Å². The second-order valence-electron chi connectivity index (χ2n) is 5.74. The summed E-state index contributed by atoms with van der Waals surface area (Å²) in [7, 11) is 0. The molecule has 0 aliphatic heterocycles. The summed E-state index contributed by atoms with van der Waals surface area (Å²) in [6.45, 7) is 0. The van der Waals surface area contributed by atoms with Crippen molar-refractivity contribution >= 4 is 5.97 Å². The summed E-state index contributed by atoms with van der Waals surface area (Å²) in [4.78, 5) is 12.0. The SMILES string of the molecule is O=C(OC1CCCCC1)C1CCCCC1C(F)(F)F. The van der Waals surface area contributed by atoms with Crippen molar-refractivity contribution in [2.24, 2.45) is 11.8 Å². The van der Waals surface area contributed by atoms with Gasteiger partial charge in [-0.25, -0.2) is 0 Å². The lowest BCUT2D eigenvalue weighted by Gasteiger charge is -2.33. The molecule has 0 radical (unpaired) electrons. The van der Waals surface area contributed by atoms with E-state index in [1.165, 1.54) is 0 Å². The van der Waals surface area contributed by atoms with E-state index in [4.69, 9.17) is 4.74 Å². The maximum absolute atomic E-state index is 12.9. The molecule has 2 rings (SSSR count). The van der Waals surface area contributed by atoms with Gasteiger partial charge in [-0.2, -0.15) is 13.2 Å². The lowest BCUT2D eigenvalue weighted by molar-refractivity contribution is -0.207. The van der Waals surface area contributed by atoms with Crippen molar-refractivity contribution in [3.05, 3.63) is 0 Å². The molecule has 0 amide bonds. The predicted molar refractivity (Wildman–Crippen MR) is 64.5 cm³/mol. The van der Waals surface area contributed by atoms with Crippen molar-refractivity contribution in [3.63, 3.8) is 0 Å². The molecule has 2 aliphatic carbocycles. The largest absolute Gasteiger partial charge is 0.462 e. The maximum Gasteiger partial charge on any atom is 0.392 e. The molecule has 19 heavy (non-hydrogen) atoms. The van der Waals surface area contributed by atoms with Crippen LogP contribution in [0.25, 0.3) is 0 Å². The number of carbonyl (C=O) groups is 1. The number of esters is 1. The van der Waals surface area contributed by atoms with Gasteiger partial charge in [-0.15, -0.1) is 0 Å². The fourth-order valence-corrected chi connectivity index (χ4v) is 3.24. The van der Waals surface area contributed by atoms with Gasteiger partial charge in [0.15, 0.2) is 0 Å². The Morgan fingerprint density at radius 2 is 1.47 bits per heavy atom. The molecule has 2 nitrogen and oxygen atoms in total. The van der Waals surface area contributed by atoms with Crippen molar-refractivity contribution in [2.75, 3.05) is 0 Å². The van der Waals surface area contributed by atoms with E-state index in [-0.39, 0.29) is 12.5 Å². The fourth-order valence-electron chi connectivity index (χ4n) is 3.24. The smallest absolute Gasteiger partial charge is 0.392 e. The highest BCUT2D eigenvalue weighted by Crippen LogP contribution is 2.42. The Morgan fingerprint density at radius 1 is 0.895 bits per heavy atom. The average Bonchev–Trinajstić information content (AvgIpc) is 2.39. The van der Waals surface area contributed by atoms with Gasteiger partial charge in [0.1, 0.15) is 6.10 Å². The van der Waals surface area contributed by atoms with Crippen molar-refractivity contribution in [3.8, 4) is 0 Å². The zero-order valence-corrected chi connectivity index (χ0v) is 11.0. The minimum absolute atomic E-state index is 0.0634. The van der Waals surface area contributed by atoms with Crippen LogP contribution in [0.2, 0.25) is 0 Å². The minimum atomic E-state index is -4.28. The Bertz CT molecular complexity index is 308. The third kappa shape index (κ3) is 3.86. The molecule has 0 N–H and O–H groups in total. The van der Waals surface area contributed by atoms with Crippen LogP contribution >= 0.6 is 0 Å². The predicted octanol–water partition coefficient (Wildman–Crippen LogP) is 4.23. The molecule has 0 bridgehead atoms. The molecule has 2 atom stereocenters. The van der Waals surface area contributed by atoms with Crippen LogP contribution in [0.3, 0.4) is 0 Å². The van der Waals surface area contributed by atoms with Crippen LogP contribution in [0.5, 0.6) is 0 Å². The van der Waals surface area contributed by atoms with E-state index in [0.717, 1.165) is 32.1 Å². The Hall–Kier alpha value is -0.740. The molecule has 0 spiro atoms. The number of halogens is 3. The number of alkyl halides is 3. The molecule has 5 heteroatoms. The highest BCUT2D eigenvalue weighted by molar-refractivity contribution is 5.73. The van der Waals surface area contributed by atoms with Gasteiger partial charge in [0.05, 0.1) is 11.8 Å². The quantitative estimate of drug-likeness (QED) is 0.706. The number of rotatable bonds is 2. The van der Waals surface area contributed by atoms with Gasteiger partial charge in [-0.3, -0.25) is 4.79 Å². The van der Waals surface area contributed by atoms with Crippen LogP contribution in [0.4, 0.5) is 13.2 Å².